The van der Waals surface area contributed by atoms with Crippen LogP contribution in [0.4, 0.5) is 0 Å². The van der Waals surface area contributed by atoms with Gasteiger partial charge in [0.25, 0.3) is 12.0 Å². The number of imidazole rings is 4. The van der Waals surface area contributed by atoms with Crippen LogP contribution in [-0.4, -0.2) is 38.2 Å². The fraction of sp³-hybridized carbons (Fsp3) is 0.333. The molecule has 0 N–H and O–H groups in total. The van der Waals surface area contributed by atoms with E-state index in [9.17, 15) is 0 Å². The molecule has 3 aliphatic rings. The van der Waals surface area contributed by atoms with Crippen LogP contribution in [0.2, 0.25) is 0 Å². The summed E-state index contributed by atoms with van der Waals surface area (Å²) in [7, 11) is 0. The number of aryl methyl sites for hydroxylation is 4. The van der Waals surface area contributed by atoms with E-state index in [2.05, 4.69) is 238 Å². The minimum Gasteiger partial charge on any atom is -0.392 e. The zero-order valence-corrected chi connectivity index (χ0v) is 64.4. The summed E-state index contributed by atoms with van der Waals surface area (Å²) in [6.07, 6.45) is 28.0. The summed E-state index contributed by atoms with van der Waals surface area (Å²) in [5, 5.41) is 0. The third kappa shape index (κ3) is 15.9. The Morgan fingerprint density at radius 1 is 0.347 bits per heavy atom. The van der Waals surface area contributed by atoms with Gasteiger partial charge in [0, 0.05) is 35.6 Å². The molecule has 0 bridgehead atoms. The minimum absolute atomic E-state index is 0. The molecule has 101 heavy (non-hydrogen) atoms. The maximum absolute atomic E-state index is 7.18. The SMILES string of the molecule is CC(C)c1cccc(C(C)C)c1-n1cc(-c2[c-]cccc2)nc1Oc1nc(-c2[c-]cccc2)cn1-c1c(C2CCCCC2)cccc1C1CCCCC1.Cc1cccc(C(C)C)c1-n1cc(-c2[c-]cccc2)nc1CCc1nc(-c2[c-]cccc2)cn1-c1c(C)cccc1C1CCCC1.[Pt+2].[Pt+2]. The number of rotatable bonds is 19. The van der Waals surface area contributed by atoms with Crippen molar-refractivity contribution in [1.82, 2.24) is 38.2 Å². The fourth-order valence-corrected chi connectivity index (χ4v) is 16.0. The topological polar surface area (TPSA) is 80.5 Å². The molecule has 9 nitrogen and oxygen atoms in total. The Hall–Kier alpha value is -8.22. The summed E-state index contributed by atoms with van der Waals surface area (Å²) in [6.45, 7) is 18.0. The largest absolute Gasteiger partial charge is 2.00 e. The van der Waals surface area contributed by atoms with Crippen molar-refractivity contribution in [3.8, 4) is 79.8 Å². The van der Waals surface area contributed by atoms with Gasteiger partial charge in [0.15, 0.2) is 0 Å². The summed E-state index contributed by atoms with van der Waals surface area (Å²) in [6, 6.07) is 74.3. The van der Waals surface area contributed by atoms with E-state index in [0.29, 0.717) is 47.5 Å². The molecule has 11 heteroatoms. The molecule has 3 aliphatic carbocycles. The summed E-state index contributed by atoms with van der Waals surface area (Å²) in [5.74, 6) is 4.69. The van der Waals surface area contributed by atoms with E-state index in [0.717, 1.165) is 75.2 Å². The molecule has 4 aromatic heterocycles. The molecule has 4 heterocycles. The van der Waals surface area contributed by atoms with E-state index < -0.39 is 0 Å². The van der Waals surface area contributed by atoms with Gasteiger partial charge in [-0.2, -0.15) is 0 Å². The second-order valence-electron chi connectivity index (χ2n) is 28.8. The molecule has 15 rings (SSSR count). The molecule has 0 atom stereocenters. The second kappa shape index (κ2) is 33.3. The Balaban J connectivity index is 0.000000189. The van der Waals surface area contributed by atoms with Crippen molar-refractivity contribution in [2.24, 2.45) is 0 Å². The van der Waals surface area contributed by atoms with Gasteiger partial charge in [0.05, 0.1) is 22.7 Å². The van der Waals surface area contributed by atoms with E-state index >= 15 is 0 Å². The minimum atomic E-state index is 0. The number of benzene rings is 8. The van der Waals surface area contributed by atoms with Crippen molar-refractivity contribution in [2.75, 3.05) is 0 Å². The Morgan fingerprint density at radius 3 is 1.06 bits per heavy atom. The van der Waals surface area contributed by atoms with Gasteiger partial charge in [-0.05, 0) is 157 Å². The first-order chi connectivity index (χ1) is 48.4. The first-order valence-electron chi connectivity index (χ1n) is 36.8. The molecule has 3 fully saturated rings. The monoisotopic (exact) mass is 1690 g/mol. The molecule has 0 amide bonds. The molecule has 0 radical (unpaired) electrons. The standard InChI is InChI=1S/C48H52N4O.C42H42N4.2Pt/c1-33(2)39-27-17-28-40(34(3)4)45(39)51-31-43(37-23-13-7-14-24-37)49-47(51)53-48-50-44(38-25-15-8-16-26-38)32-52(48)46-41(35-19-9-5-10-20-35)29-18-30-42(46)36-21-11-6-12-22-36;1-29(2)35-23-13-15-30(3)41(35)45-27-37(33-19-7-5-8-20-33)43-39(45)25-26-40-44-38(34-21-9-6-10-22-34)28-46(40)42-31(4)16-14-24-36(42)32-17-11-12-18-32;;/h7-8,13-18,23,25,27-36H,5-6,9-12,19-22H2,1-4H3;5-10,13-16,19,21,23-24,27-29,32H,11-12,17-18,25-26H2,1-4H3;;/q2*-2;2*+2. The van der Waals surface area contributed by atoms with Crippen LogP contribution in [0.15, 0.2) is 195 Å². The smallest absolute Gasteiger partial charge is 0.392 e. The molecule has 0 unspecified atom stereocenters. The second-order valence-corrected chi connectivity index (χ2v) is 28.8. The predicted molar refractivity (Wildman–Crippen MR) is 403 cm³/mol. The maximum atomic E-state index is 7.18. The van der Waals surface area contributed by atoms with E-state index in [1.807, 2.05) is 54.6 Å². The van der Waals surface area contributed by atoms with Gasteiger partial charge >= 0.3 is 42.1 Å². The number of ether oxygens (including phenoxy) is 1. The van der Waals surface area contributed by atoms with Crippen LogP contribution in [-0.2, 0) is 55.0 Å². The maximum Gasteiger partial charge on any atom is 2.00 e. The van der Waals surface area contributed by atoms with Crippen molar-refractivity contribution in [2.45, 2.75) is 194 Å². The molecule has 520 valence electrons. The normalized spacial score (nSPS) is 14.4. The number of hydrogen-bond donors (Lipinski definition) is 0. The Morgan fingerprint density at radius 2 is 0.663 bits per heavy atom. The number of aromatic nitrogens is 8. The molecule has 8 aromatic carbocycles. The number of nitrogens with zero attached hydrogens (tertiary/aromatic N) is 8. The van der Waals surface area contributed by atoms with Gasteiger partial charge < -0.3 is 13.9 Å². The van der Waals surface area contributed by atoms with Crippen LogP contribution in [0.1, 0.15) is 223 Å². The zero-order valence-electron chi connectivity index (χ0n) is 59.9. The molecule has 0 spiro atoms. The van der Waals surface area contributed by atoms with Crippen molar-refractivity contribution in [1.29, 1.82) is 0 Å². The summed E-state index contributed by atoms with van der Waals surface area (Å²) < 4.78 is 16.3. The Labute approximate surface area is 628 Å². The van der Waals surface area contributed by atoms with Gasteiger partial charge in [-0.3, -0.25) is 19.1 Å². The molecule has 12 aromatic rings. The fourth-order valence-electron chi connectivity index (χ4n) is 16.0. The molecular weight excluding hydrogens is 1600 g/mol. The quantitative estimate of drug-likeness (QED) is 0.0754. The van der Waals surface area contributed by atoms with Crippen LogP contribution >= 0.6 is 0 Å². The first-order valence-corrected chi connectivity index (χ1v) is 36.8. The first kappa shape index (κ1) is 72.6. The average Bonchev–Trinajstić information content (AvgIpc) is 1.67. The average molecular weight is 1690 g/mol. The van der Waals surface area contributed by atoms with Crippen LogP contribution in [0, 0.1) is 38.1 Å². The molecule has 3 saturated carbocycles. The zero-order chi connectivity index (χ0) is 67.9. The molecular formula is C90H94N8OPt2. The van der Waals surface area contributed by atoms with Gasteiger partial charge in [-0.1, -0.05) is 166 Å². The van der Waals surface area contributed by atoms with Crippen LogP contribution in [0.5, 0.6) is 12.0 Å². The third-order valence-electron chi connectivity index (χ3n) is 21.0. The molecule has 0 aliphatic heterocycles. The Kier molecular flexibility index (Phi) is 23.9. The molecule has 0 saturated heterocycles. The number of para-hydroxylation sites is 4. The van der Waals surface area contributed by atoms with Crippen LogP contribution in [0.25, 0.3) is 67.8 Å². The third-order valence-corrected chi connectivity index (χ3v) is 21.0. The van der Waals surface area contributed by atoms with Gasteiger partial charge in [-0.25, -0.2) is 9.97 Å². The summed E-state index contributed by atoms with van der Waals surface area (Å²) in [5.41, 5.74) is 23.0. The van der Waals surface area contributed by atoms with Crippen molar-refractivity contribution >= 4 is 0 Å². The van der Waals surface area contributed by atoms with Crippen LogP contribution in [0.3, 0.4) is 0 Å². The van der Waals surface area contributed by atoms with E-state index in [4.69, 9.17) is 24.7 Å². The number of hydrogen-bond acceptors (Lipinski definition) is 5. The predicted octanol–water partition coefficient (Wildman–Crippen LogP) is 23.3. The van der Waals surface area contributed by atoms with E-state index in [1.54, 1.807) is 0 Å². The van der Waals surface area contributed by atoms with Gasteiger partial charge in [0.1, 0.15) is 11.6 Å². The van der Waals surface area contributed by atoms with E-state index in [1.165, 1.54) is 151 Å². The summed E-state index contributed by atoms with van der Waals surface area (Å²) >= 11 is 0. The van der Waals surface area contributed by atoms with Crippen molar-refractivity contribution in [3.63, 3.8) is 0 Å². The van der Waals surface area contributed by atoms with Gasteiger partial charge in [-0.15, -0.1) is 144 Å². The van der Waals surface area contributed by atoms with Crippen molar-refractivity contribution < 1.29 is 46.9 Å². The van der Waals surface area contributed by atoms with E-state index in [-0.39, 0.29) is 42.1 Å². The van der Waals surface area contributed by atoms with Crippen LogP contribution < -0.4 is 4.74 Å². The van der Waals surface area contributed by atoms with Gasteiger partial charge in [0.2, 0.25) is 0 Å². The van der Waals surface area contributed by atoms with Crippen molar-refractivity contribution in [3.05, 3.63) is 275 Å². The Bertz CT molecular complexity index is 4620. The summed E-state index contributed by atoms with van der Waals surface area (Å²) in [4.78, 5) is 21.1.